The topological polar surface area (TPSA) is 19.0 Å². The third kappa shape index (κ3) is 31.7. The Morgan fingerprint density at radius 2 is 1.42 bits per heavy atom. The van der Waals surface area contributed by atoms with Crippen molar-refractivity contribution >= 4 is 0 Å². The molecule has 2 fully saturated rings. The second kappa shape index (κ2) is 36.2. The van der Waals surface area contributed by atoms with Gasteiger partial charge >= 0.3 is 0 Å². The van der Waals surface area contributed by atoms with Crippen LogP contribution in [0.25, 0.3) is 0 Å². The van der Waals surface area contributed by atoms with Crippen LogP contribution in [0.15, 0.2) is 25.3 Å². The number of hydrogen-bond acceptors (Lipinski definition) is 4. The zero-order valence-corrected chi connectivity index (χ0v) is 34.3. The monoisotopic (exact) mass is 640 g/mol. The van der Waals surface area contributed by atoms with Crippen LogP contribution in [0, 0.1) is 29.6 Å². The van der Waals surface area contributed by atoms with Gasteiger partial charge in [0.2, 0.25) is 0 Å². The van der Waals surface area contributed by atoms with Crippen molar-refractivity contribution < 1.29 is 4.74 Å². The highest BCUT2D eigenvalue weighted by atomic mass is 16.5. The fraction of sp³-hybridized carbons (Fsp3) is 0.902. The normalized spacial score (nSPS) is 20.0. The summed E-state index contributed by atoms with van der Waals surface area (Å²) in [5.74, 6) is 4.34. The first-order valence-electron chi connectivity index (χ1n) is 19.1. The van der Waals surface area contributed by atoms with Crippen molar-refractivity contribution in [3.8, 4) is 0 Å². The van der Waals surface area contributed by atoms with Crippen molar-refractivity contribution in [3.63, 3.8) is 0 Å². The molecule has 0 bridgehead atoms. The molecule has 0 aromatic rings. The zero-order valence-electron chi connectivity index (χ0n) is 34.3. The van der Waals surface area contributed by atoms with Gasteiger partial charge in [-0.15, -0.1) is 13.2 Å². The van der Waals surface area contributed by atoms with Gasteiger partial charge in [-0.1, -0.05) is 108 Å². The van der Waals surface area contributed by atoms with Gasteiger partial charge < -0.3 is 19.4 Å². The molecule has 4 unspecified atom stereocenters. The van der Waals surface area contributed by atoms with Crippen LogP contribution in [-0.2, 0) is 4.74 Å². The molecule has 2 aliphatic rings. The molecule has 1 heterocycles. The maximum atomic E-state index is 4.80. The van der Waals surface area contributed by atoms with E-state index in [1.54, 1.807) is 13.2 Å². The van der Waals surface area contributed by atoms with E-state index < -0.39 is 0 Å². The van der Waals surface area contributed by atoms with Crippen molar-refractivity contribution in [1.82, 2.24) is 14.7 Å². The fourth-order valence-corrected chi connectivity index (χ4v) is 6.00. The van der Waals surface area contributed by atoms with Crippen LogP contribution in [0.5, 0.6) is 0 Å². The van der Waals surface area contributed by atoms with E-state index in [2.05, 4.69) is 111 Å². The SMILES string of the molecule is C=CC.C=CCC.CC.CCC1CC(C)CC(N(C)C)C1.CCCCN(C)C(CCC)C1CN(CC(C)C)C1.COCC(C)C. The van der Waals surface area contributed by atoms with Crippen LogP contribution in [0.3, 0.4) is 0 Å². The van der Waals surface area contributed by atoms with E-state index in [0.29, 0.717) is 5.92 Å². The average molecular weight is 640 g/mol. The Kier molecular flexibility index (Phi) is 41.1. The number of methoxy groups -OCH3 is 1. The Morgan fingerprint density at radius 1 is 0.889 bits per heavy atom. The molecule has 0 spiro atoms. The molecule has 4 heteroatoms. The maximum absolute atomic E-state index is 4.80. The Hall–Kier alpha value is -0.680. The van der Waals surface area contributed by atoms with Gasteiger partial charge in [0.25, 0.3) is 0 Å². The first-order valence-corrected chi connectivity index (χ1v) is 19.1. The van der Waals surface area contributed by atoms with Crippen molar-refractivity contribution in [3.05, 3.63) is 25.3 Å². The maximum Gasteiger partial charge on any atom is 0.0485 e. The van der Waals surface area contributed by atoms with Gasteiger partial charge in [-0.2, -0.15) is 0 Å². The summed E-state index contributed by atoms with van der Waals surface area (Å²) in [5.41, 5.74) is 0. The van der Waals surface area contributed by atoms with Crippen LogP contribution < -0.4 is 0 Å². The number of unbranched alkanes of at least 4 members (excludes halogenated alkanes) is 1. The molecule has 1 saturated carbocycles. The predicted octanol–water partition coefficient (Wildman–Crippen LogP) is 11.3. The standard InChI is InChI=1S/C16H34N2.C11H23N.C5H12O.C4H8.C3H6.C2H6/c1-6-8-10-17(5)16(9-7-2)15-12-18(13-15)11-14(3)4;1-5-10-6-9(2)7-11(8-10)12(3)4;1-5(2)4-6-3;1-3-4-2;1-3-2;1-2/h14-16H,6-13H2,1-5H3;9-11H,5-8H2,1-4H3;5H,4H2,1-3H3;3H,1,4H2,2H3;3H,1H2,2H3;1-2H3. The highest BCUT2D eigenvalue weighted by Gasteiger charge is 2.34. The largest absolute Gasteiger partial charge is 0.384 e. The smallest absolute Gasteiger partial charge is 0.0485 e. The van der Waals surface area contributed by atoms with Crippen molar-refractivity contribution in [2.75, 3.05) is 61.0 Å². The van der Waals surface area contributed by atoms with E-state index in [9.17, 15) is 0 Å². The molecule has 1 aliphatic carbocycles. The minimum atomic E-state index is 0.676. The lowest BCUT2D eigenvalue weighted by Gasteiger charge is -2.47. The summed E-state index contributed by atoms with van der Waals surface area (Å²) < 4.78 is 4.80. The first kappa shape index (κ1) is 51.2. The lowest BCUT2D eigenvalue weighted by molar-refractivity contribution is 0.0191. The van der Waals surface area contributed by atoms with E-state index in [-0.39, 0.29) is 0 Å². The summed E-state index contributed by atoms with van der Waals surface area (Å²) in [6.45, 7) is 39.1. The predicted molar refractivity (Wildman–Crippen MR) is 210 cm³/mol. The number of allylic oxidation sites excluding steroid dienone is 2. The molecule has 1 saturated heterocycles. The summed E-state index contributed by atoms with van der Waals surface area (Å²) in [5, 5.41) is 0. The molecule has 1 aliphatic heterocycles. The van der Waals surface area contributed by atoms with Gasteiger partial charge in [0.15, 0.2) is 0 Å². The number of hydrogen-bond donors (Lipinski definition) is 0. The van der Waals surface area contributed by atoms with Crippen LogP contribution in [-0.4, -0.2) is 87.8 Å². The number of rotatable bonds is 14. The molecule has 4 atom stereocenters. The summed E-state index contributed by atoms with van der Waals surface area (Å²) in [7, 11) is 8.49. The highest BCUT2D eigenvalue weighted by molar-refractivity contribution is 4.89. The number of likely N-dealkylation sites (tertiary alicyclic amines) is 1. The third-order valence-electron chi connectivity index (χ3n) is 8.28. The lowest BCUT2D eigenvalue weighted by atomic mass is 9.78. The second-order valence-corrected chi connectivity index (χ2v) is 14.2. The van der Waals surface area contributed by atoms with Crippen LogP contribution >= 0.6 is 0 Å². The Morgan fingerprint density at radius 3 is 1.76 bits per heavy atom. The van der Waals surface area contributed by atoms with Gasteiger partial charge in [-0.25, -0.2) is 0 Å². The molecule has 0 aromatic carbocycles. The molecule has 0 radical (unpaired) electrons. The van der Waals surface area contributed by atoms with Crippen LogP contribution in [0.2, 0.25) is 0 Å². The molecule has 4 nitrogen and oxygen atoms in total. The lowest BCUT2D eigenvalue weighted by Crippen LogP contribution is -2.56. The van der Waals surface area contributed by atoms with Gasteiger partial charge in [0.05, 0.1) is 0 Å². The molecule has 274 valence electrons. The summed E-state index contributed by atoms with van der Waals surface area (Å²) in [6, 6.07) is 1.67. The van der Waals surface area contributed by atoms with Crippen molar-refractivity contribution in [1.29, 1.82) is 0 Å². The Balaban J connectivity index is -0.000000267. The van der Waals surface area contributed by atoms with Gasteiger partial charge in [-0.05, 0) is 103 Å². The third-order valence-corrected chi connectivity index (χ3v) is 8.28. The fourth-order valence-electron chi connectivity index (χ4n) is 6.00. The van der Waals surface area contributed by atoms with E-state index in [4.69, 9.17) is 4.74 Å². The highest BCUT2D eigenvalue weighted by Crippen LogP contribution is 2.32. The van der Waals surface area contributed by atoms with Gasteiger partial charge in [-0.3, -0.25) is 0 Å². The van der Waals surface area contributed by atoms with Crippen molar-refractivity contribution in [2.45, 2.75) is 153 Å². The van der Waals surface area contributed by atoms with Gasteiger partial charge in [0.1, 0.15) is 0 Å². The Bertz CT molecular complexity index is 585. The molecule has 0 aromatic heterocycles. The first-order chi connectivity index (χ1) is 21.3. The minimum absolute atomic E-state index is 0.676. The number of ether oxygens (including phenoxy) is 1. The van der Waals surface area contributed by atoms with E-state index in [0.717, 1.165) is 48.8 Å². The molecular formula is C41H89N3O. The molecular weight excluding hydrogens is 550 g/mol. The molecule has 0 N–H and O–H groups in total. The summed E-state index contributed by atoms with van der Waals surface area (Å²) in [6.07, 6.45) is 15.7. The summed E-state index contributed by atoms with van der Waals surface area (Å²) >= 11 is 0. The number of nitrogens with zero attached hydrogens (tertiary/aromatic N) is 3. The van der Waals surface area contributed by atoms with E-state index in [1.807, 2.05) is 26.8 Å². The second-order valence-electron chi connectivity index (χ2n) is 14.2. The van der Waals surface area contributed by atoms with E-state index >= 15 is 0 Å². The minimum Gasteiger partial charge on any atom is -0.384 e. The molecule has 2 rings (SSSR count). The molecule has 0 amide bonds. The van der Waals surface area contributed by atoms with Gasteiger partial charge in [0, 0.05) is 45.4 Å². The Labute approximate surface area is 287 Å². The van der Waals surface area contributed by atoms with Crippen molar-refractivity contribution in [2.24, 2.45) is 29.6 Å². The molecule has 45 heavy (non-hydrogen) atoms. The quantitative estimate of drug-likeness (QED) is 0.176. The average Bonchev–Trinajstić information content (AvgIpc) is 2.98. The van der Waals surface area contributed by atoms with Crippen LogP contribution in [0.1, 0.15) is 141 Å². The van der Waals surface area contributed by atoms with E-state index in [1.165, 1.54) is 77.5 Å². The zero-order chi connectivity index (χ0) is 35.8. The van der Waals surface area contributed by atoms with Crippen LogP contribution in [0.4, 0.5) is 0 Å². The summed E-state index contributed by atoms with van der Waals surface area (Å²) in [4.78, 5) is 7.66.